The SMILES string of the molecule is COc1ccc(CNc2nc3ccc(NCC[C@H](NC(=O)OC(C)(C)C)C(=O)OC(C)(C)S)cc3[nH]2)c(OC)c1. The zero-order valence-corrected chi connectivity index (χ0v) is 24.9. The third-order valence-corrected chi connectivity index (χ3v) is 5.60. The highest BCUT2D eigenvalue weighted by atomic mass is 32.1. The standard InChI is InChI=1S/C28H39N5O6S/c1-27(2,3)39-26(35)33-21(24(34)38-28(4,5)40)12-13-29-18-9-11-20-22(14-18)32-25(31-20)30-16-17-8-10-19(36-6)15-23(17)37-7/h8-11,14-15,21,29,40H,12-13,16H2,1-7H3,(H,33,35)(H2,30,31,32)/t21-/m0/s1. The number of rotatable bonds is 12. The molecule has 11 nitrogen and oxygen atoms in total. The van der Waals surface area contributed by atoms with Gasteiger partial charge in [0.05, 0.1) is 25.3 Å². The van der Waals surface area contributed by atoms with Gasteiger partial charge >= 0.3 is 12.1 Å². The minimum absolute atomic E-state index is 0.263. The van der Waals surface area contributed by atoms with Gasteiger partial charge in [-0.3, -0.25) is 0 Å². The van der Waals surface area contributed by atoms with Crippen molar-refractivity contribution in [2.24, 2.45) is 0 Å². The molecule has 1 atom stereocenters. The number of esters is 1. The molecule has 1 amide bonds. The zero-order chi connectivity index (χ0) is 29.5. The van der Waals surface area contributed by atoms with E-state index < -0.39 is 28.6 Å². The number of imidazole rings is 1. The average molecular weight is 574 g/mol. The summed E-state index contributed by atoms with van der Waals surface area (Å²) >= 11 is 4.26. The van der Waals surface area contributed by atoms with Crippen LogP contribution >= 0.6 is 12.6 Å². The molecule has 1 heterocycles. The normalized spacial score (nSPS) is 12.4. The molecule has 0 aliphatic heterocycles. The van der Waals surface area contributed by atoms with Crippen LogP contribution < -0.4 is 25.4 Å². The third-order valence-electron chi connectivity index (χ3n) is 5.51. The van der Waals surface area contributed by atoms with E-state index in [4.69, 9.17) is 18.9 Å². The lowest BCUT2D eigenvalue weighted by Crippen LogP contribution is -2.46. The van der Waals surface area contributed by atoms with Gasteiger partial charge < -0.3 is 39.9 Å². The van der Waals surface area contributed by atoms with Crippen molar-refractivity contribution in [1.82, 2.24) is 15.3 Å². The lowest BCUT2D eigenvalue weighted by Gasteiger charge is -2.26. The van der Waals surface area contributed by atoms with Crippen molar-refractivity contribution < 1.29 is 28.5 Å². The Bertz CT molecular complexity index is 1310. The molecule has 0 saturated heterocycles. The molecule has 12 heteroatoms. The zero-order valence-electron chi connectivity index (χ0n) is 24.0. The fraction of sp³-hybridized carbons (Fsp3) is 0.464. The highest BCUT2D eigenvalue weighted by Crippen LogP contribution is 2.26. The highest BCUT2D eigenvalue weighted by Gasteiger charge is 2.28. The number of hydrogen-bond acceptors (Lipinski definition) is 10. The van der Waals surface area contributed by atoms with E-state index >= 15 is 0 Å². The van der Waals surface area contributed by atoms with Gasteiger partial charge in [0, 0.05) is 30.4 Å². The molecule has 1 aromatic heterocycles. The van der Waals surface area contributed by atoms with Gasteiger partial charge in [0.1, 0.15) is 28.1 Å². The first-order valence-corrected chi connectivity index (χ1v) is 13.3. The first-order chi connectivity index (χ1) is 18.8. The minimum Gasteiger partial charge on any atom is -0.497 e. The van der Waals surface area contributed by atoms with Crippen molar-refractivity contribution >= 4 is 47.4 Å². The Morgan fingerprint density at radius 3 is 2.40 bits per heavy atom. The van der Waals surface area contributed by atoms with Crippen molar-refractivity contribution in [1.29, 1.82) is 0 Å². The van der Waals surface area contributed by atoms with Gasteiger partial charge in [0.25, 0.3) is 0 Å². The number of nitrogens with one attached hydrogen (secondary N) is 4. The van der Waals surface area contributed by atoms with Gasteiger partial charge in [-0.15, -0.1) is 12.6 Å². The Hall–Kier alpha value is -3.80. The topological polar surface area (TPSA) is 136 Å². The van der Waals surface area contributed by atoms with Crippen molar-refractivity contribution in [2.45, 2.75) is 64.2 Å². The predicted molar refractivity (Wildman–Crippen MR) is 158 cm³/mol. The van der Waals surface area contributed by atoms with Gasteiger partial charge in [-0.05, 0) is 71.4 Å². The number of carbonyl (C=O) groups is 2. The number of amides is 1. The lowest BCUT2D eigenvalue weighted by molar-refractivity contribution is -0.152. The number of carbonyl (C=O) groups excluding carboxylic acids is 2. The predicted octanol–water partition coefficient (Wildman–Crippen LogP) is 5.10. The van der Waals surface area contributed by atoms with E-state index in [1.165, 1.54) is 0 Å². The maximum Gasteiger partial charge on any atom is 0.408 e. The van der Waals surface area contributed by atoms with E-state index in [0.717, 1.165) is 33.8 Å². The summed E-state index contributed by atoms with van der Waals surface area (Å²) in [4.78, 5) is 31.9. The molecule has 40 heavy (non-hydrogen) atoms. The van der Waals surface area contributed by atoms with E-state index in [1.54, 1.807) is 48.8 Å². The average Bonchev–Trinajstić information content (AvgIpc) is 3.26. The summed E-state index contributed by atoms with van der Waals surface area (Å²) in [5.41, 5.74) is 2.69. The molecule has 4 N–H and O–H groups in total. The molecular formula is C28H39N5O6S. The molecule has 0 aliphatic carbocycles. The van der Waals surface area contributed by atoms with Crippen molar-refractivity contribution in [2.75, 3.05) is 31.4 Å². The minimum atomic E-state index is -0.992. The van der Waals surface area contributed by atoms with Crippen molar-refractivity contribution in [3.8, 4) is 11.5 Å². The molecular weight excluding hydrogens is 534 g/mol. The van der Waals surface area contributed by atoms with Crippen molar-refractivity contribution in [3.05, 3.63) is 42.0 Å². The number of anilines is 2. The summed E-state index contributed by atoms with van der Waals surface area (Å²) in [6.45, 7) is 9.43. The van der Waals surface area contributed by atoms with Gasteiger partial charge in [-0.1, -0.05) is 0 Å². The second kappa shape index (κ2) is 13.0. The van der Waals surface area contributed by atoms with Crippen molar-refractivity contribution in [3.63, 3.8) is 0 Å². The lowest BCUT2D eigenvalue weighted by atomic mass is 10.2. The molecule has 0 fully saturated rings. The second-order valence-corrected chi connectivity index (χ2v) is 11.7. The van der Waals surface area contributed by atoms with E-state index in [9.17, 15) is 9.59 Å². The number of nitrogens with zero attached hydrogens (tertiary/aromatic N) is 1. The molecule has 0 spiro atoms. The summed E-state index contributed by atoms with van der Waals surface area (Å²) < 4.78 is 21.4. The molecule has 2 aromatic carbocycles. The second-order valence-electron chi connectivity index (χ2n) is 10.6. The summed E-state index contributed by atoms with van der Waals surface area (Å²) in [5.74, 6) is 1.46. The maximum atomic E-state index is 12.7. The Morgan fingerprint density at radius 2 is 1.75 bits per heavy atom. The Labute approximate surface area is 240 Å². The number of benzene rings is 2. The molecule has 0 saturated carbocycles. The van der Waals surface area contributed by atoms with E-state index in [0.29, 0.717) is 19.0 Å². The van der Waals surface area contributed by atoms with Gasteiger partial charge in [-0.2, -0.15) is 0 Å². The van der Waals surface area contributed by atoms with Crippen LogP contribution in [0, 0.1) is 0 Å². The first-order valence-electron chi connectivity index (χ1n) is 12.9. The fourth-order valence-electron chi connectivity index (χ4n) is 3.76. The molecule has 3 rings (SSSR count). The summed E-state index contributed by atoms with van der Waals surface area (Å²) in [5, 5.41) is 9.18. The Balaban J connectivity index is 1.62. The fourth-order valence-corrected chi connectivity index (χ4v) is 3.85. The molecule has 0 bridgehead atoms. The van der Waals surface area contributed by atoms with Crippen LogP contribution in [0.15, 0.2) is 36.4 Å². The van der Waals surface area contributed by atoms with Crippen LogP contribution in [0.25, 0.3) is 11.0 Å². The number of fused-ring (bicyclic) bond motifs is 1. The molecule has 0 radical (unpaired) electrons. The summed E-state index contributed by atoms with van der Waals surface area (Å²) in [7, 11) is 3.23. The monoisotopic (exact) mass is 573 g/mol. The van der Waals surface area contributed by atoms with Gasteiger partial charge in [-0.25, -0.2) is 14.6 Å². The number of methoxy groups -OCH3 is 2. The Kier molecular flexibility index (Phi) is 10.0. The number of ether oxygens (including phenoxy) is 4. The summed E-state index contributed by atoms with van der Waals surface area (Å²) in [6, 6.07) is 10.4. The van der Waals surface area contributed by atoms with Gasteiger partial charge in [0.15, 0.2) is 0 Å². The number of hydrogen-bond donors (Lipinski definition) is 5. The highest BCUT2D eigenvalue weighted by molar-refractivity contribution is 7.81. The number of alkyl carbamates (subject to hydrolysis) is 1. The van der Waals surface area contributed by atoms with Crippen LogP contribution in [0.4, 0.5) is 16.4 Å². The quantitative estimate of drug-likeness (QED) is 0.114. The molecule has 218 valence electrons. The van der Waals surface area contributed by atoms with Crippen LogP contribution in [0.1, 0.15) is 46.6 Å². The Morgan fingerprint density at radius 1 is 1.00 bits per heavy atom. The van der Waals surface area contributed by atoms with Gasteiger partial charge in [0.2, 0.25) is 5.95 Å². The largest absolute Gasteiger partial charge is 0.497 e. The molecule has 3 aromatic rings. The van der Waals surface area contributed by atoms with E-state index in [2.05, 4.69) is 38.5 Å². The maximum absolute atomic E-state index is 12.7. The van der Waals surface area contributed by atoms with Crippen LogP contribution in [0.3, 0.4) is 0 Å². The van der Waals surface area contributed by atoms with Crippen LogP contribution in [0.5, 0.6) is 11.5 Å². The first kappa shape index (κ1) is 30.7. The number of thiol groups is 1. The molecule has 0 unspecified atom stereocenters. The molecule has 0 aliphatic rings. The van der Waals surface area contributed by atoms with E-state index in [-0.39, 0.29) is 6.42 Å². The van der Waals surface area contributed by atoms with Crippen LogP contribution in [-0.2, 0) is 20.8 Å². The number of aromatic nitrogens is 2. The number of H-pyrrole nitrogens is 1. The smallest absolute Gasteiger partial charge is 0.408 e. The van der Waals surface area contributed by atoms with Crippen LogP contribution in [-0.4, -0.2) is 59.4 Å². The van der Waals surface area contributed by atoms with E-state index in [1.807, 2.05) is 36.4 Å². The summed E-state index contributed by atoms with van der Waals surface area (Å²) in [6.07, 6.45) is -0.433. The van der Waals surface area contributed by atoms with Crippen LogP contribution in [0.2, 0.25) is 0 Å². The number of aromatic amines is 1. The third kappa shape index (κ3) is 9.44.